The maximum Gasteiger partial charge on any atom is 0.337 e. The Balaban J connectivity index is 1.97. The van der Waals surface area contributed by atoms with Crippen molar-refractivity contribution < 1.29 is 19.1 Å². The Bertz CT molecular complexity index is 745. The Morgan fingerprint density at radius 1 is 1.12 bits per heavy atom. The van der Waals surface area contributed by atoms with Crippen LogP contribution in [0.25, 0.3) is 0 Å². The summed E-state index contributed by atoms with van der Waals surface area (Å²) < 4.78 is 4.62. The van der Waals surface area contributed by atoms with Gasteiger partial charge < -0.3 is 15.0 Å². The van der Waals surface area contributed by atoms with E-state index < -0.39 is 5.97 Å². The summed E-state index contributed by atoms with van der Waals surface area (Å²) in [6.45, 7) is 1.57. The number of ether oxygens (including phenoxy) is 1. The van der Waals surface area contributed by atoms with Gasteiger partial charge in [-0.2, -0.15) is 0 Å². The summed E-state index contributed by atoms with van der Waals surface area (Å²) in [7, 11) is 1.30. The highest BCUT2D eigenvalue weighted by atomic mass is 16.5. The zero-order valence-corrected chi connectivity index (χ0v) is 14.1. The molecule has 1 heterocycles. The van der Waals surface area contributed by atoms with Gasteiger partial charge in [0.25, 0.3) is 0 Å². The highest BCUT2D eigenvalue weighted by Gasteiger charge is 2.15. The van der Waals surface area contributed by atoms with E-state index >= 15 is 0 Å². The number of carbonyl (C=O) groups is 3. The SMILES string of the molecule is COC(=O)c1ccc(NC(=O)CN(Cc2ccccn2)C(C)=O)cc1. The molecule has 0 fully saturated rings. The average molecular weight is 341 g/mol. The van der Waals surface area contributed by atoms with Crippen LogP contribution in [-0.2, 0) is 20.9 Å². The van der Waals surface area contributed by atoms with Crippen molar-refractivity contribution in [2.24, 2.45) is 0 Å². The molecule has 0 saturated heterocycles. The molecule has 7 nitrogen and oxygen atoms in total. The fourth-order valence-corrected chi connectivity index (χ4v) is 2.15. The summed E-state index contributed by atoms with van der Waals surface area (Å²) in [6.07, 6.45) is 1.64. The van der Waals surface area contributed by atoms with Gasteiger partial charge in [-0.15, -0.1) is 0 Å². The summed E-state index contributed by atoms with van der Waals surface area (Å²) in [5.41, 5.74) is 1.62. The molecule has 1 aromatic carbocycles. The largest absolute Gasteiger partial charge is 0.465 e. The van der Waals surface area contributed by atoms with Gasteiger partial charge >= 0.3 is 5.97 Å². The lowest BCUT2D eigenvalue weighted by molar-refractivity contribution is -0.133. The molecule has 0 atom stereocenters. The number of aromatic nitrogens is 1. The van der Waals surface area contributed by atoms with Crippen LogP contribution in [-0.4, -0.2) is 41.3 Å². The molecule has 1 aromatic heterocycles. The van der Waals surface area contributed by atoms with Gasteiger partial charge in [-0.25, -0.2) is 4.79 Å². The van der Waals surface area contributed by atoms with Gasteiger partial charge in [-0.3, -0.25) is 14.6 Å². The Morgan fingerprint density at radius 2 is 1.84 bits per heavy atom. The van der Waals surface area contributed by atoms with Crippen LogP contribution in [0.4, 0.5) is 5.69 Å². The van der Waals surface area contributed by atoms with Crippen LogP contribution in [0.5, 0.6) is 0 Å². The minimum atomic E-state index is -0.448. The molecule has 2 rings (SSSR count). The highest BCUT2D eigenvalue weighted by molar-refractivity contribution is 5.95. The van der Waals surface area contributed by atoms with Gasteiger partial charge in [0.15, 0.2) is 0 Å². The van der Waals surface area contributed by atoms with E-state index in [9.17, 15) is 14.4 Å². The minimum Gasteiger partial charge on any atom is -0.465 e. The van der Waals surface area contributed by atoms with Crippen LogP contribution in [0.15, 0.2) is 48.7 Å². The average Bonchev–Trinajstić information content (AvgIpc) is 2.62. The monoisotopic (exact) mass is 341 g/mol. The first-order chi connectivity index (χ1) is 12.0. The molecule has 25 heavy (non-hydrogen) atoms. The number of anilines is 1. The van der Waals surface area contributed by atoms with Gasteiger partial charge in [-0.05, 0) is 36.4 Å². The van der Waals surface area contributed by atoms with Gasteiger partial charge in [-0.1, -0.05) is 6.07 Å². The topological polar surface area (TPSA) is 88.6 Å². The predicted molar refractivity (Wildman–Crippen MR) is 91.7 cm³/mol. The van der Waals surface area contributed by atoms with E-state index in [-0.39, 0.29) is 24.9 Å². The molecule has 0 aliphatic rings. The van der Waals surface area contributed by atoms with E-state index in [1.165, 1.54) is 18.9 Å². The van der Waals surface area contributed by atoms with E-state index in [2.05, 4.69) is 15.0 Å². The zero-order valence-electron chi connectivity index (χ0n) is 14.1. The molecule has 1 N–H and O–H groups in total. The number of benzene rings is 1. The van der Waals surface area contributed by atoms with Crippen molar-refractivity contribution >= 4 is 23.5 Å². The number of amides is 2. The molecule has 0 saturated carbocycles. The van der Waals surface area contributed by atoms with Crippen molar-refractivity contribution in [3.63, 3.8) is 0 Å². The molecule has 0 radical (unpaired) electrons. The van der Waals surface area contributed by atoms with Crippen LogP contribution < -0.4 is 5.32 Å². The van der Waals surface area contributed by atoms with Crippen LogP contribution >= 0.6 is 0 Å². The second-order valence-corrected chi connectivity index (χ2v) is 5.31. The summed E-state index contributed by atoms with van der Waals surface area (Å²) in [6, 6.07) is 11.7. The molecule has 2 aromatic rings. The van der Waals surface area contributed by atoms with Crippen LogP contribution in [0.3, 0.4) is 0 Å². The molecule has 0 bridgehead atoms. The first-order valence-electron chi connectivity index (χ1n) is 7.63. The van der Waals surface area contributed by atoms with Crippen molar-refractivity contribution in [2.45, 2.75) is 13.5 Å². The third kappa shape index (κ3) is 5.42. The third-order valence-electron chi connectivity index (χ3n) is 3.45. The number of esters is 1. The lowest BCUT2D eigenvalue weighted by atomic mass is 10.2. The van der Waals surface area contributed by atoms with Gasteiger partial charge in [0.05, 0.1) is 24.9 Å². The number of nitrogens with zero attached hydrogens (tertiary/aromatic N) is 2. The molecule has 0 unspecified atom stereocenters. The van der Waals surface area contributed by atoms with Gasteiger partial charge in [0.1, 0.15) is 6.54 Å². The fraction of sp³-hybridized carbons (Fsp3) is 0.222. The normalized spacial score (nSPS) is 10.0. The zero-order chi connectivity index (χ0) is 18.2. The highest BCUT2D eigenvalue weighted by Crippen LogP contribution is 2.11. The van der Waals surface area contributed by atoms with Crippen molar-refractivity contribution in [3.05, 3.63) is 59.9 Å². The quantitative estimate of drug-likeness (QED) is 0.810. The van der Waals surface area contributed by atoms with Crippen molar-refractivity contribution in [3.8, 4) is 0 Å². The van der Waals surface area contributed by atoms with E-state index in [4.69, 9.17) is 0 Å². The van der Waals surface area contributed by atoms with Crippen LogP contribution in [0.2, 0.25) is 0 Å². The maximum atomic E-state index is 12.2. The first-order valence-corrected chi connectivity index (χ1v) is 7.63. The molecular formula is C18H19N3O4. The van der Waals surface area contributed by atoms with Crippen LogP contribution in [0, 0.1) is 0 Å². The lowest BCUT2D eigenvalue weighted by Crippen LogP contribution is -2.36. The lowest BCUT2D eigenvalue weighted by Gasteiger charge is -2.20. The van der Waals surface area contributed by atoms with Crippen molar-refractivity contribution in [2.75, 3.05) is 19.0 Å². The summed E-state index contributed by atoms with van der Waals surface area (Å²) in [4.78, 5) is 40.9. The molecule has 0 aliphatic heterocycles. The number of nitrogens with one attached hydrogen (secondary N) is 1. The number of methoxy groups -OCH3 is 1. The Labute approximate surface area is 145 Å². The second-order valence-electron chi connectivity index (χ2n) is 5.31. The molecule has 2 amide bonds. The smallest absolute Gasteiger partial charge is 0.337 e. The fourth-order valence-electron chi connectivity index (χ4n) is 2.15. The van der Waals surface area contributed by atoms with Gasteiger partial charge in [0, 0.05) is 18.8 Å². The molecule has 0 aliphatic carbocycles. The van der Waals surface area contributed by atoms with E-state index in [0.717, 1.165) is 0 Å². The number of hydrogen-bond donors (Lipinski definition) is 1. The summed E-state index contributed by atoms with van der Waals surface area (Å²) in [5, 5.41) is 2.69. The standard InChI is InChI=1S/C18H19N3O4/c1-13(22)21(11-16-5-3-4-10-19-16)12-17(23)20-15-8-6-14(7-9-15)18(24)25-2/h3-10H,11-12H2,1-2H3,(H,20,23). The number of hydrogen-bond acceptors (Lipinski definition) is 5. The third-order valence-corrected chi connectivity index (χ3v) is 3.45. The summed E-state index contributed by atoms with van der Waals surface area (Å²) in [5.74, 6) is -1.00. The first kappa shape index (κ1) is 18.1. The van der Waals surface area contributed by atoms with Crippen molar-refractivity contribution in [1.29, 1.82) is 0 Å². The number of rotatable bonds is 6. The van der Waals surface area contributed by atoms with Gasteiger partial charge in [0.2, 0.25) is 11.8 Å². The molecule has 130 valence electrons. The molecular weight excluding hydrogens is 322 g/mol. The van der Waals surface area contributed by atoms with Crippen LogP contribution in [0.1, 0.15) is 23.0 Å². The van der Waals surface area contributed by atoms with E-state index in [1.54, 1.807) is 42.6 Å². The number of pyridine rings is 1. The Hall–Kier alpha value is -3.22. The minimum absolute atomic E-state index is 0.0926. The number of carbonyl (C=O) groups excluding carboxylic acids is 3. The van der Waals surface area contributed by atoms with E-state index in [1.807, 2.05) is 6.07 Å². The van der Waals surface area contributed by atoms with E-state index in [0.29, 0.717) is 16.9 Å². The maximum absolute atomic E-state index is 12.2. The van der Waals surface area contributed by atoms with Crippen molar-refractivity contribution in [1.82, 2.24) is 9.88 Å². The Morgan fingerprint density at radius 3 is 2.40 bits per heavy atom. The molecule has 0 spiro atoms. The summed E-state index contributed by atoms with van der Waals surface area (Å²) >= 11 is 0. The second kappa shape index (κ2) is 8.58. The Kier molecular flexibility index (Phi) is 6.22. The predicted octanol–water partition coefficient (Wildman–Crippen LogP) is 1.86. The molecule has 7 heteroatoms.